The van der Waals surface area contributed by atoms with Gasteiger partial charge >= 0.3 is 0 Å². The van der Waals surface area contributed by atoms with Gasteiger partial charge in [-0.25, -0.2) is 4.68 Å². The molecule has 1 aliphatic carbocycles. The van der Waals surface area contributed by atoms with E-state index in [1.165, 1.54) is 11.3 Å². The number of carbonyl (C=O) groups excluding carboxylic acids is 1. The first-order valence-corrected chi connectivity index (χ1v) is 8.93. The molecule has 0 aliphatic heterocycles. The van der Waals surface area contributed by atoms with E-state index in [2.05, 4.69) is 53.8 Å². The molecule has 6 heteroatoms. The zero-order chi connectivity index (χ0) is 16.9. The third-order valence-electron chi connectivity index (χ3n) is 4.57. The van der Waals surface area contributed by atoms with Crippen molar-refractivity contribution >= 4 is 18.3 Å². The van der Waals surface area contributed by atoms with Crippen LogP contribution in [0.4, 0.5) is 0 Å². The number of rotatable bonds is 7. The van der Waals surface area contributed by atoms with Crippen molar-refractivity contribution in [3.05, 3.63) is 46.8 Å². The van der Waals surface area contributed by atoms with E-state index in [4.69, 9.17) is 0 Å². The molecule has 2 N–H and O–H groups in total. The average Bonchev–Trinajstić information content (AvgIpc) is 3.21. The quantitative estimate of drug-likeness (QED) is 0.744. The Bertz CT molecular complexity index is 709. The summed E-state index contributed by atoms with van der Waals surface area (Å²) in [5, 5.41) is 10.8. The van der Waals surface area contributed by atoms with E-state index in [0.29, 0.717) is 12.2 Å². The van der Waals surface area contributed by atoms with E-state index in [-0.39, 0.29) is 18.3 Å². The lowest BCUT2D eigenvalue weighted by atomic mass is 10.1. The summed E-state index contributed by atoms with van der Waals surface area (Å²) in [4.78, 5) is 12.5. The molecule has 2 aromatic rings. The van der Waals surface area contributed by atoms with Crippen LogP contribution in [0.3, 0.4) is 0 Å². The number of benzene rings is 1. The number of hydrogen-bond donors (Lipinski definition) is 2. The molecule has 1 aromatic heterocycles. The van der Waals surface area contributed by atoms with Gasteiger partial charge in [-0.1, -0.05) is 26.0 Å². The normalized spacial score (nSPS) is 12.6. The van der Waals surface area contributed by atoms with Gasteiger partial charge in [-0.2, -0.15) is 5.10 Å². The van der Waals surface area contributed by atoms with Crippen molar-refractivity contribution in [3.8, 4) is 5.69 Å². The van der Waals surface area contributed by atoms with Crippen molar-refractivity contribution in [1.29, 1.82) is 0 Å². The first-order chi connectivity index (χ1) is 11.7. The number of halogens is 1. The molecule has 25 heavy (non-hydrogen) atoms. The van der Waals surface area contributed by atoms with E-state index in [1.54, 1.807) is 0 Å². The third-order valence-corrected chi connectivity index (χ3v) is 4.57. The highest BCUT2D eigenvalue weighted by Gasteiger charge is 2.26. The van der Waals surface area contributed by atoms with Gasteiger partial charge in [0.2, 0.25) is 0 Å². The molecule has 1 heterocycles. The van der Waals surface area contributed by atoms with E-state index in [1.807, 2.05) is 4.68 Å². The Morgan fingerprint density at radius 2 is 1.92 bits per heavy atom. The summed E-state index contributed by atoms with van der Waals surface area (Å²) in [7, 11) is 0. The highest BCUT2D eigenvalue weighted by Crippen LogP contribution is 2.27. The van der Waals surface area contributed by atoms with Gasteiger partial charge in [0, 0.05) is 24.3 Å². The maximum absolute atomic E-state index is 12.5. The molecule has 0 fully saturated rings. The summed E-state index contributed by atoms with van der Waals surface area (Å²) in [6.45, 7) is 6.52. The largest absolute Gasteiger partial charge is 0.349 e. The maximum Gasteiger partial charge on any atom is 0.272 e. The summed E-state index contributed by atoms with van der Waals surface area (Å²) >= 11 is 0. The fraction of sp³-hybridized carbons (Fsp3) is 0.474. The van der Waals surface area contributed by atoms with E-state index in [0.717, 1.165) is 50.0 Å². The number of aryl methyl sites for hydroxylation is 1. The number of nitrogens with zero attached hydrogens (tertiary/aromatic N) is 2. The third kappa shape index (κ3) is 4.22. The predicted octanol–water partition coefficient (Wildman–Crippen LogP) is 2.68. The van der Waals surface area contributed by atoms with Crippen LogP contribution < -0.4 is 10.6 Å². The second kappa shape index (κ2) is 9.02. The van der Waals surface area contributed by atoms with Crippen LogP contribution in [-0.4, -0.2) is 35.3 Å². The molecule has 3 rings (SSSR count). The number of aromatic nitrogens is 2. The highest BCUT2D eigenvalue weighted by atomic mass is 35.5. The van der Waals surface area contributed by atoms with Gasteiger partial charge in [-0.05, 0) is 49.9 Å². The van der Waals surface area contributed by atoms with E-state index < -0.39 is 0 Å². The number of hydrogen-bond acceptors (Lipinski definition) is 3. The molecule has 0 bridgehead atoms. The fourth-order valence-corrected chi connectivity index (χ4v) is 3.23. The van der Waals surface area contributed by atoms with Crippen LogP contribution >= 0.6 is 12.4 Å². The molecule has 136 valence electrons. The van der Waals surface area contributed by atoms with E-state index >= 15 is 0 Å². The number of nitrogens with one attached hydrogen (secondary N) is 2. The van der Waals surface area contributed by atoms with Gasteiger partial charge in [0.1, 0.15) is 0 Å². The van der Waals surface area contributed by atoms with Gasteiger partial charge in [-0.15, -0.1) is 12.4 Å². The van der Waals surface area contributed by atoms with Crippen LogP contribution in [0.25, 0.3) is 5.69 Å². The van der Waals surface area contributed by atoms with Gasteiger partial charge in [0.05, 0.1) is 5.69 Å². The van der Waals surface area contributed by atoms with Crippen LogP contribution in [0.2, 0.25) is 0 Å². The van der Waals surface area contributed by atoms with Crippen LogP contribution in [0, 0.1) is 0 Å². The number of fused-ring (bicyclic) bond motifs is 1. The van der Waals surface area contributed by atoms with Gasteiger partial charge in [0.15, 0.2) is 5.69 Å². The molecule has 0 unspecified atom stereocenters. The molecule has 0 atom stereocenters. The van der Waals surface area contributed by atoms with Crippen LogP contribution in [0.5, 0.6) is 0 Å². The minimum absolute atomic E-state index is 0. The second-order valence-electron chi connectivity index (χ2n) is 6.17. The van der Waals surface area contributed by atoms with Crippen LogP contribution in [0.15, 0.2) is 24.3 Å². The lowest BCUT2D eigenvalue weighted by molar-refractivity contribution is 0.0947. The zero-order valence-corrected chi connectivity index (χ0v) is 15.8. The SMILES string of the molecule is CCNCCNC(=O)c1nn(-c2ccc(CC)cc2)c2c1CCC2.Cl. The molecule has 0 radical (unpaired) electrons. The maximum atomic E-state index is 12.5. The highest BCUT2D eigenvalue weighted by molar-refractivity contribution is 5.94. The van der Waals surface area contributed by atoms with Crippen LogP contribution in [-0.2, 0) is 19.3 Å². The smallest absolute Gasteiger partial charge is 0.272 e. The number of amides is 1. The zero-order valence-electron chi connectivity index (χ0n) is 15.0. The standard InChI is InChI=1S/C19H26N4O.ClH/c1-3-14-8-10-15(11-9-14)23-17-7-5-6-16(17)18(22-23)19(24)21-13-12-20-4-2;/h8-11,20H,3-7,12-13H2,1-2H3,(H,21,24);1H. The second-order valence-corrected chi connectivity index (χ2v) is 6.17. The lowest BCUT2D eigenvalue weighted by Crippen LogP contribution is -2.32. The Hall–Kier alpha value is -1.85. The minimum atomic E-state index is -0.0602. The van der Waals surface area contributed by atoms with Crippen molar-refractivity contribution < 1.29 is 4.79 Å². The molecular weight excluding hydrogens is 336 g/mol. The predicted molar refractivity (Wildman–Crippen MR) is 103 cm³/mol. The molecule has 0 saturated carbocycles. The first-order valence-electron chi connectivity index (χ1n) is 8.93. The van der Waals surface area contributed by atoms with Crippen LogP contribution in [0.1, 0.15) is 47.6 Å². The molecule has 1 aromatic carbocycles. The number of carbonyl (C=O) groups is 1. The summed E-state index contributed by atoms with van der Waals surface area (Å²) in [5.74, 6) is -0.0602. The van der Waals surface area contributed by atoms with Crippen molar-refractivity contribution in [2.24, 2.45) is 0 Å². The summed E-state index contributed by atoms with van der Waals surface area (Å²) < 4.78 is 1.96. The van der Waals surface area contributed by atoms with Crippen molar-refractivity contribution in [1.82, 2.24) is 20.4 Å². The Morgan fingerprint density at radius 1 is 1.16 bits per heavy atom. The fourth-order valence-electron chi connectivity index (χ4n) is 3.23. The van der Waals surface area contributed by atoms with Gasteiger partial charge < -0.3 is 10.6 Å². The monoisotopic (exact) mass is 362 g/mol. The average molecular weight is 363 g/mol. The summed E-state index contributed by atoms with van der Waals surface area (Å²) in [6, 6.07) is 8.46. The Kier molecular flexibility index (Phi) is 7.02. The van der Waals surface area contributed by atoms with Gasteiger partial charge in [-0.3, -0.25) is 4.79 Å². The molecular formula is C19H27ClN4O. The topological polar surface area (TPSA) is 58.9 Å². The molecule has 0 saturated heterocycles. The Balaban J connectivity index is 0.00000225. The van der Waals surface area contributed by atoms with Crippen molar-refractivity contribution in [3.63, 3.8) is 0 Å². The minimum Gasteiger partial charge on any atom is -0.349 e. The number of likely N-dealkylation sites (N-methyl/N-ethyl adjacent to an activating group) is 1. The van der Waals surface area contributed by atoms with E-state index in [9.17, 15) is 4.79 Å². The lowest BCUT2D eigenvalue weighted by Gasteiger charge is -2.06. The summed E-state index contributed by atoms with van der Waals surface area (Å²) in [5.41, 5.74) is 5.26. The summed E-state index contributed by atoms with van der Waals surface area (Å²) in [6.07, 6.45) is 4.05. The molecule has 1 aliphatic rings. The molecule has 5 nitrogen and oxygen atoms in total. The Morgan fingerprint density at radius 3 is 2.60 bits per heavy atom. The molecule has 0 spiro atoms. The van der Waals surface area contributed by atoms with Crippen molar-refractivity contribution in [2.75, 3.05) is 19.6 Å². The molecule has 1 amide bonds. The first kappa shape index (κ1) is 19.5. The van der Waals surface area contributed by atoms with Crippen molar-refractivity contribution in [2.45, 2.75) is 39.5 Å². The van der Waals surface area contributed by atoms with Gasteiger partial charge in [0.25, 0.3) is 5.91 Å². The Labute approximate surface area is 155 Å².